The maximum atomic E-state index is 13.5. The van der Waals surface area contributed by atoms with Crippen LogP contribution in [-0.2, 0) is 60.1 Å². The minimum Gasteiger partial charge on any atom is -0.495 e. The molecule has 40 nitrogen and oxygen atoms in total. The van der Waals surface area contributed by atoms with Gasteiger partial charge in [0.05, 0.1) is 116 Å². The molecule has 0 unspecified atom stereocenters. The molecule has 9 amide bonds. The topological polar surface area (TPSA) is 473 Å². The van der Waals surface area contributed by atoms with Crippen molar-refractivity contribution in [3.63, 3.8) is 0 Å². The fraction of sp³-hybridized carbons (Fsp3) is 0.260. The van der Waals surface area contributed by atoms with E-state index < -0.39 is 31.7 Å². The predicted molar refractivity (Wildman–Crippen MR) is 560 cm³/mol. The van der Waals surface area contributed by atoms with Gasteiger partial charge in [-0.1, -0.05) is 155 Å². The van der Waals surface area contributed by atoms with E-state index in [1.165, 1.54) is 134 Å². The van der Waals surface area contributed by atoms with Crippen molar-refractivity contribution < 1.29 is 80.1 Å². The number of nitro benzene ring substituents is 2. The fourth-order valence-corrected chi connectivity index (χ4v) is 18.8. The van der Waals surface area contributed by atoms with E-state index in [1.54, 1.807) is 96.0 Å². The molecule has 4 aliphatic rings. The van der Waals surface area contributed by atoms with E-state index in [9.17, 15) is 52.6 Å². The summed E-state index contributed by atoms with van der Waals surface area (Å²) < 4.78 is 66.0. The average Bonchev–Trinajstić information content (AvgIpc) is 0.761. The number of hydrogen-bond acceptors (Lipinski definition) is 29. The van der Waals surface area contributed by atoms with Crippen LogP contribution >= 0.6 is 92.8 Å². The van der Waals surface area contributed by atoms with Gasteiger partial charge in [-0.25, -0.2) is 67.5 Å². The molecule has 0 saturated heterocycles. The maximum absolute atomic E-state index is 13.5. The normalized spacial score (nSPS) is 12.9. The molecule has 0 bridgehead atoms. The van der Waals surface area contributed by atoms with Crippen molar-refractivity contribution in [3.05, 3.63) is 274 Å². The number of carbonyl (C=O) groups excluding carboxylic acids is 5. The number of ether oxygens (including phenoxy) is 8. The lowest BCUT2D eigenvalue weighted by Gasteiger charge is -2.35. The van der Waals surface area contributed by atoms with Gasteiger partial charge in [0.1, 0.15) is 133 Å². The summed E-state index contributed by atoms with van der Waals surface area (Å²) in [5, 5.41) is 25.6. The van der Waals surface area contributed by atoms with Crippen LogP contribution in [-0.4, -0.2) is 179 Å². The summed E-state index contributed by atoms with van der Waals surface area (Å²) in [5.41, 5.74) is 22.6. The SMILES string of the molecule is C.C=CC(=O)Nc1cccc(C)c1Cc1ncc2c(n1)N(C)C(=O)N(c1c(Cl)c(OC)cc(OC)c1Cl)C2.COc1cc(OC)c(Cl)c(N2Cc3cnc(Cc4c(C)cccc4N)nc3N(C)C2=O)c1Cl.COc1cc(OC)c(Cl)c(N2Cc3cnc(Cc4c(C)cccc4[N+](=O)[O-])nc3N(C)C2=O)c1Cl.COc1cc(OC)c(Cl)c(N2Cc3cnc(S(C)(=O)=O)nc3N(C)C2=O)c1Cl.Cc1cccc([N+](=O)[O-])c1N. The van der Waals surface area contributed by atoms with Crippen LogP contribution in [0.25, 0.3) is 0 Å². The number of nitrogen functional groups attached to an aromatic ring is 2. The largest absolute Gasteiger partial charge is 0.495 e. The van der Waals surface area contributed by atoms with Gasteiger partial charge in [0.25, 0.3) is 11.4 Å². The number of methoxy groups -OCH3 is 8. The first-order chi connectivity index (χ1) is 68.3. The molecular weight excluding hydrogens is 2070 g/mol. The number of hydrogen-bond donors (Lipinski definition) is 3. The van der Waals surface area contributed by atoms with Crippen LogP contribution in [0.3, 0.4) is 0 Å². The quantitative estimate of drug-likeness (QED) is 0.0176. The third-order valence-corrected chi connectivity index (χ3v) is 26.9. The zero-order valence-corrected chi connectivity index (χ0v) is 87.0. The first-order valence-corrected chi connectivity index (χ1v) is 47.6. The second-order valence-electron chi connectivity index (χ2n) is 32.0. The van der Waals surface area contributed by atoms with Gasteiger partial charge in [-0.15, -0.1) is 0 Å². The van der Waals surface area contributed by atoms with Gasteiger partial charge in [-0.2, -0.15) is 0 Å². The molecule has 0 fully saturated rings. The van der Waals surface area contributed by atoms with Crippen molar-refractivity contribution in [2.24, 2.45) is 0 Å². The number of fused-ring (bicyclic) bond motifs is 4. The van der Waals surface area contributed by atoms with Crippen LogP contribution in [0.15, 0.2) is 140 Å². The number of aromatic nitrogens is 8. The molecule has 0 aliphatic carbocycles. The highest BCUT2D eigenvalue weighted by Gasteiger charge is 2.41. The van der Waals surface area contributed by atoms with E-state index in [0.717, 1.165) is 45.2 Å². The van der Waals surface area contributed by atoms with Gasteiger partial charge in [-0.3, -0.25) is 64.2 Å². The van der Waals surface area contributed by atoms with Gasteiger partial charge < -0.3 is 54.7 Å². The number of carbonyl (C=O) groups is 5. The average molecular weight is 2160 g/mol. The van der Waals surface area contributed by atoms with Gasteiger partial charge in [0.15, 0.2) is 0 Å². The Morgan fingerprint density at radius 1 is 0.421 bits per heavy atom. The summed E-state index contributed by atoms with van der Waals surface area (Å²) in [5.74, 6) is 5.19. The number of rotatable bonds is 23. The number of sulfone groups is 1. The van der Waals surface area contributed by atoms with E-state index in [1.807, 2.05) is 50.2 Å². The molecule has 4 aromatic heterocycles. The van der Waals surface area contributed by atoms with Gasteiger partial charge in [-0.05, 0) is 79.3 Å². The fourth-order valence-electron chi connectivity index (χ4n) is 15.5. The molecule has 762 valence electrons. The highest BCUT2D eigenvalue weighted by atomic mass is 35.5. The second-order valence-corrected chi connectivity index (χ2v) is 36.9. The summed E-state index contributed by atoms with van der Waals surface area (Å²) in [7, 11) is 14.3. The van der Waals surface area contributed by atoms with Crippen molar-refractivity contribution in [3.8, 4) is 46.0 Å². The minimum absolute atomic E-state index is 0. The molecule has 145 heavy (non-hydrogen) atoms. The number of aryl methyl sites for hydroxylation is 4. The number of urea groups is 4. The highest BCUT2D eigenvalue weighted by molar-refractivity contribution is 7.90. The first-order valence-electron chi connectivity index (χ1n) is 42.7. The van der Waals surface area contributed by atoms with Crippen LogP contribution in [0.1, 0.15) is 86.1 Å². The highest BCUT2D eigenvalue weighted by Crippen LogP contribution is 2.53. The van der Waals surface area contributed by atoms with E-state index in [0.29, 0.717) is 122 Å². The number of halogens is 8. The molecule has 12 aromatic rings. The summed E-state index contributed by atoms with van der Waals surface area (Å²) in [4.78, 5) is 132. The molecule has 49 heteroatoms. The Labute approximate surface area is 873 Å². The van der Waals surface area contributed by atoms with Gasteiger partial charge in [0.2, 0.25) is 20.9 Å². The number of benzene rings is 8. The van der Waals surface area contributed by atoms with E-state index >= 15 is 0 Å². The van der Waals surface area contributed by atoms with Gasteiger partial charge in [0, 0.05) is 154 Å². The third kappa shape index (κ3) is 23.1. The van der Waals surface area contributed by atoms with Crippen molar-refractivity contribution in [2.45, 2.75) is 85.7 Å². The monoisotopic (exact) mass is 2160 g/mol. The number of anilines is 11. The number of amides is 9. The van der Waals surface area contributed by atoms with Crippen molar-refractivity contribution >= 4 is 207 Å². The Kier molecular flexibility index (Phi) is 35.8. The summed E-state index contributed by atoms with van der Waals surface area (Å²) in [6.45, 7) is 11.4. The van der Waals surface area contributed by atoms with E-state index in [2.05, 4.69) is 51.8 Å². The summed E-state index contributed by atoms with van der Waals surface area (Å²) in [6.07, 6.45) is 9.50. The summed E-state index contributed by atoms with van der Waals surface area (Å²) >= 11 is 52.1. The lowest BCUT2D eigenvalue weighted by molar-refractivity contribution is -0.385. The lowest BCUT2D eigenvalue weighted by atomic mass is 10.0. The van der Waals surface area contributed by atoms with Crippen molar-refractivity contribution in [1.82, 2.24) is 39.9 Å². The molecule has 16 rings (SSSR count). The van der Waals surface area contributed by atoms with Crippen LogP contribution < -0.4 is 93.9 Å². The number of para-hydroxylation sites is 1. The molecule has 0 saturated carbocycles. The zero-order valence-electron chi connectivity index (χ0n) is 80.2. The standard InChI is InChI=1S/C26H25Cl2N5O4.C23H21Cl2N5O5.C23H23Cl2N5O3.C16H16Cl2N4O5S.C7H8N2O2.CH4/c1-6-21(34)30-17-9-7-8-14(2)16(17)10-20-29-12-15-13-33(26(35)32(3)25(15)31-20)24-22(27)18(36-4)11-19(37-5)23(24)28;1-12-6-5-7-15(30(32)33)14(12)8-18-26-10-13-11-29(23(31)28(2)22(13)27-18)21-19(24)16(34-3)9-17(35-4)20(21)25;1-12-6-5-7-15(26)14(12)8-18-27-10-13-11-30(23(31)29(2)22(13)28-18)21-19(24)16(32-3)9-17(33-4)20(21)25;1-21-14-8(6-19-15(20-14)28(4,24)25)7-22(16(21)23)13-11(17)9(26-2)5-10(27-3)12(13)18;1-5-3-2-4-6(7(5)8)9(10)11;/h6-9,11-12H,1,10,13H2,2-5H3,(H,30,34);5-7,9-10H,8,11H2,1-4H3;5-7,9-10H,8,11,26H2,1-4H3;5-6H,7H2,1-4H3;2-4H,8H2,1H3;1H4. The molecule has 8 aromatic carbocycles. The Bertz CT molecular complexity index is 7130. The molecule has 0 spiro atoms. The van der Waals surface area contributed by atoms with E-state index in [-0.39, 0.29) is 155 Å². The molecule has 5 N–H and O–H groups in total. The zero-order chi connectivity index (χ0) is 105. The molecular formula is C96H97Cl8N21O19S. The van der Waals surface area contributed by atoms with Crippen LogP contribution in [0.5, 0.6) is 46.0 Å². The number of nitrogens with one attached hydrogen (secondary N) is 1. The molecule has 0 radical (unpaired) electrons. The minimum atomic E-state index is -3.62. The first kappa shape index (κ1) is 111. The third-order valence-electron chi connectivity index (χ3n) is 23.1. The van der Waals surface area contributed by atoms with Crippen LogP contribution in [0.4, 0.5) is 93.6 Å². The number of nitrogens with zero attached hydrogens (tertiary/aromatic N) is 18. The Balaban J connectivity index is 0.000000178. The lowest BCUT2D eigenvalue weighted by Crippen LogP contribution is -2.46. The van der Waals surface area contributed by atoms with Crippen LogP contribution in [0, 0.1) is 47.9 Å². The molecule has 8 heterocycles. The van der Waals surface area contributed by atoms with Gasteiger partial charge >= 0.3 is 24.1 Å². The van der Waals surface area contributed by atoms with Crippen molar-refractivity contribution in [2.75, 3.05) is 147 Å². The second kappa shape index (κ2) is 46.9. The van der Waals surface area contributed by atoms with Crippen LogP contribution in [0.2, 0.25) is 40.2 Å². The summed E-state index contributed by atoms with van der Waals surface area (Å²) in [6, 6.07) is 25.5. The Hall–Kier alpha value is -14.6. The number of nitrogens with two attached hydrogens (primary N) is 2. The Morgan fingerprint density at radius 2 is 0.690 bits per heavy atom. The maximum Gasteiger partial charge on any atom is 0.330 e. The predicted octanol–water partition coefficient (Wildman–Crippen LogP) is 20.3. The molecule has 0 atom stereocenters. The van der Waals surface area contributed by atoms with Crippen molar-refractivity contribution in [1.29, 1.82) is 0 Å². The Morgan fingerprint density at radius 3 is 0.986 bits per heavy atom. The smallest absolute Gasteiger partial charge is 0.330 e. The molecule has 4 aliphatic heterocycles. The van der Waals surface area contributed by atoms with E-state index in [4.69, 9.17) is 142 Å². The number of nitro groups is 2.